The predicted octanol–water partition coefficient (Wildman–Crippen LogP) is 1.79. The first kappa shape index (κ1) is 19.8. The summed E-state index contributed by atoms with van der Waals surface area (Å²) in [5.74, 6) is 0.714. The Hall–Kier alpha value is -2.57. The number of piperidine rings is 1. The minimum atomic E-state index is -0.138. The Morgan fingerprint density at radius 2 is 1.65 bits per heavy atom. The van der Waals surface area contributed by atoms with Crippen molar-refractivity contribution in [2.75, 3.05) is 27.3 Å². The first-order valence-electron chi connectivity index (χ1n) is 8.75. The number of ketones is 1. The number of amides is 2. The third kappa shape index (κ3) is 4.97. The Morgan fingerprint density at radius 1 is 1.08 bits per heavy atom. The fourth-order valence-electron chi connectivity index (χ4n) is 3.04. The zero-order chi connectivity index (χ0) is 19.1. The van der Waals surface area contributed by atoms with Gasteiger partial charge in [0.1, 0.15) is 22.8 Å². The molecule has 0 spiro atoms. The molecule has 1 saturated heterocycles. The van der Waals surface area contributed by atoms with Gasteiger partial charge in [-0.15, -0.1) is 0 Å². The summed E-state index contributed by atoms with van der Waals surface area (Å²) in [6, 6.07) is 5.27. The van der Waals surface area contributed by atoms with Crippen molar-refractivity contribution in [3.8, 4) is 11.5 Å². The molecule has 7 heteroatoms. The van der Waals surface area contributed by atoms with Crippen LogP contribution in [0.5, 0.6) is 11.5 Å². The van der Waals surface area contributed by atoms with Crippen LogP contribution in [-0.4, -0.2) is 55.8 Å². The molecule has 1 aromatic rings. The van der Waals surface area contributed by atoms with Gasteiger partial charge in [0.15, 0.2) is 0 Å². The van der Waals surface area contributed by atoms with Crippen molar-refractivity contribution >= 4 is 17.6 Å². The molecule has 142 valence electrons. The predicted molar refractivity (Wildman–Crippen MR) is 96.5 cm³/mol. The van der Waals surface area contributed by atoms with Crippen LogP contribution >= 0.6 is 0 Å². The van der Waals surface area contributed by atoms with Gasteiger partial charge in [0.05, 0.1) is 14.2 Å². The number of ether oxygens (including phenoxy) is 2. The van der Waals surface area contributed by atoms with E-state index in [4.69, 9.17) is 9.47 Å². The number of nitrogens with zero attached hydrogens (tertiary/aromatic N) is 1. The van der Waals surface area contributed by atoms with E-state index in [1.54, 1.807) is 23.1 Å². The smallest absolute Gasteiger partial charge is 0.261 e. The summed E-state index contributed by atoms with van der Waals surface area (Å²) in [6.45, 7) is 2.55. The van der Waals surface area contributed by atoms with Gasteiger partial charge < -0.3 is 24.5 Å². The number of hydrogen-bond acceptors (Lipinski definition) is 5. The Morgan fingerprint density at radius 3 is 2.15 bits per heavy atom. The van der Waals surface area contributed by atoms with E-state index in [0.29, 0.717) is 43.0 Å². The van der Waals surface area contributed by atoms with Gasteiger partial charge in [-0.05, 0) is 31.9 Å². The van der Waals surface area contributed by atoms with E-state index in [9.17, 15) is 14.4 Å². The molecule has 0 unspecified atom stereocenters. The molecule has 1 aromatic carbocycles. The van der Waals surface area contributed by atoms with Crippen LogP contribution in [0.3, 0.4) is 0 Å². The molecule has 2 rings (SSSR count). The molecular weight excluding hydrogens is 336 g/mol. The molecule has 2 amide bonds. The molecule has 7 nitrogen and oxygen atoms in total. The van der Waals surface area contributed by atoms with E-state index in [1.807, 2.05) is 0 Å². The molecule has 26 heavy (non-hydrogen) atoms. The van der Waals surface area contributed by atoms with Gasteiger partial charge in [-0.2, -0.15) is 0 Å². The lowest BCUT2D eigenvalue weighted by molar-refractivity contribution is -0.125. The minimum absolute atomic E-state index is 0.00585. The summed E-state index contributed by atoms with van der Waals surface area (Å²) < 4.78 is 10.6. The van der Waals surface area contributed by atoms with E-state index < -0.39 is 0 Å². The van der Waals surface area contributed by atoms with Gasteiger partial charge in [-0.3, -0.25) is 9.59 Å². The normalized spacial score (nSPS) is 14.7. The third-order valence-electron chi connectivity index (χ3n) is 4.49. The number of nitrogens with one attached hydrogen (secondary N) is 1. The van der Waals surface area contributed by atoms with E-state index >= 15 is 0 Å². The topological polar surface area (TPSA) is 84.9 Å². The fraction of sp³-hybridized carbons (Fsp3) is 0.526. The molecule has 0 atom stereocenters. The summed E-state index contributed by atoms with van der Waals surface area (Å²) in [4.78, 5) is 37.5. The Balaban J connectivity index is 1.95. The number of rotatable bonds is 7. The maximum atomic E-state index is 12.9. The highest BCUT2D eigenvalue weighted by atomic mass is 16.5. The van der Waals surface area contributed by atoms with Crippen LogP contribution in [0.1, 0.15) is 43.0 Å². The average Bonchev–Trinajstić information content (AvgIpc) is 2.65. The monoisotopic (exact) mass is 362 g/mol. The summed E-state index contributed by atoms with van der Waals surface area (Å²) in [5, 5.41) is 2.94. The fourth-order valence-corrected chi connectivity index (χ4v) is 3.04. The van der Waals surface area contributed by atoms with Crippen molar-refractivity contribution in [3.63, 3.8) is 0 Å². The number of carbonyl (C=O) groups is 3. The quantitative estimate of drug-likeness (QED) is 0.799. The number of benzene rings is 1. The Bertz CT molecular complexity index is 644. The van der Waals surface area contributed by atoms with Crippen LogP contribution in [0.4, 0.5) is 0 Å². The molecule has 1 aliphatic heterocycles. The van der Waals surface area contributed by atoms with Crippen LogP contribution in [0.25, 0.3) is 0 Å². The largest absolute Gasteiger partial charge is 0.496 e. The zero-order valence-electron chi connectivity index (χ0n) is 15.5. The average molecular weight is 362 g/mol. The van der Waals surface area contributed by atoms with Crippen molar-refractivity contribution in [1.29, 1.82) is 0 Å². The number of methoxy groups -OCH3 is 2. The van der Waals surface area contributed by atoms with Gasteiger partial charge >= 0.3 is 0 Å². The molecule has 1 fully saturated rings. The van der Waals surface area contributed by atoms with Crippen molar-refractivity contribution in [1.82, 2.24) is 10.2 Å². The van der Waals surface area contributed by atoms with Gasteiger partial charge in [0.2, 0.25) is 5.91 Å². The summed E-state index contributed by atoms with van der Waals surface area (Å²) in [5.41, 5.74) is 0.418. The maximum Gasteiger partial charge on any atom is 0.261 e. The summed E-state index contributed by atoms with van der Waals surface area (Å²) in [7, 11) is 3.04. The molecule has 0 aliphatic carbocycles. The number of carbonyl (C=O) groups excluding carboxylic acids is 3. The van der Waals surface area contributed by atoms with Crippen LogP contribution < -0.4 is 14.8 Å². The van der Waals surface area contributed by atoms with Crippen LogP contribution in [0.2, 0.25) is 0 Å². The van der Waals surface area contributed by atoms with E-state index in [1.165, 1.54) is 21.1 Å². The molecule has 0 saturated carbocycles. The SMILES string of the molecule is COc1cccc(OC)c1C(=O)N1CCC(NC(=O)CCC(C)=O)CC1. The second kappa shape index (κ2) is 9.22. The highest BCUT2D eigenvalue weighted by molar-refractivity contribution is 5.99. The lowest BCUT2D eigenvalue weighted by Gasteiger charge is -2.33. The van der Waals surface area contributed by atoms with Gasteiger partial charge in [0.25, 0.3) is 5.91 Å². The summed E-state index contributed by atoms with van der Waals surface area (Å²) in [6.07, 6.45) is 1.83. The van der Waals surface area contributed by atoms with Crippen LogP contribution in [-0.2, 0) is 9.59 Å². The lowest BCUT2D eigenvalue weighted by Crippen LogP contribution is -2.46. The van der Waals surface area contributed by atoms with Crippen molar-refractivity contribution < 1.29 is 23.9 Å². The summed E-state index contributed by atoms with van der Waals surface area (Å²) >= 11 is 0. The Labute approximate surface area is 153 Å². The molecule has 0 bridgehead atoms. The lowest BCUT2D eigenvalue weighted by atomic mass is 10.0. The Kier molecular flexibility index (Phi) is 7.00. The molecule has 0 radical (unpaired) electrons. The van der Waals surface area contributed by atoms with Gasteiger partial charge in [-0.25, -0.2) is 0 Å². The number of likely N-dealkylation sites (tertiary alicyclic amines) is 1. The first-order valence-corrected chi connectivity index (χ1v) is 8.75. The second-order valence-corrected chi connectivity index (χ2v) is 6.37. The molecule has 1 N–H and O–H groups in total. The minimum Gasteiger partial charge on any atom is -0.496 e. The van der Waals surface area contributed by atoms with Crippen molar-refractivity contribution in [2.45, 2.75) is 38.6 Å². The molecule has 0 aromatic heterocycles. The third-order valence-corrected chi connectivity index (χ3v) is 4.49. The van der Waals surface area contributed by atoms with E-state index in [2.05, 4.69) is 5.32 Å². The number of hydrogen-bond donors (Lipinski definition) is 1. The van der Waals surface area contributed by atoms with Gasteiger partial charge in [-0.1, -0.05) is 6.07 Å². The van der Waals surface area contributed by atoms with Crippen LogP contribution in [0, 0.1) is 0 Å². The first-order chi connectivity index (χ1) is 12.5. The van der Waals surface area contributed by atoms with Crippen molar-refractivity contribution in [3.05, 3.63) is 23.8 Å². The highest BCUT2D eigenvalue weighted by Gasteiger charge is 2.28. The maximum absolute atomic E-state index is 12.9. The highest BCUT2D eigenvalue weighted by Crippen LogP contribution is 2.30. The molecular formula is C19H26N2O5. The molecule has 1 aliphatic rings. The van der Waals surface area contributed by atoms with E-state index in [-0.39, 0.29) is 36.5 Å². The zero-order valence-corrected chi connectivity index (χ0v) is 15.5. The number of Topliss-reactive ketones (excluding diaryl/α,β-unsaturated/α-hetero) is 1. The second-order valence-electron chi connectivity index (χ2n) is 6.37. The van der Waals surface area contributed by atoms with Crippen LogP contribution in [0.15, 0.2) is 18.2 Å². The van der Waals surface area contributed by atoms with Gasteiger partial charge in [0, 0.05) is 32.0 Å². The van der Waals surface area contributed by atoms with E-state index in [0.717, 1.165) is 0 Å². The molecule has 1 heterocycles. The van der Waals surface area contributed by atoms with Crippen molar-refractivity contribution in [2.24, 2.45) is 0 Å². The standard InChI is InChI=1S/C19H26N2O5/c1-13(22)7-8-17(23)20-14-9-11-21(12-10-14)19(24)18-15(25-2)5-4-6-16(18)26-3/h4-6,14H,7-12H2,1-3H3,(H,20,23).